The summed E-state index contributed by atoms with van der Waals surface area (Å²) >= 11 is 3.46. The van der Waals surface area contributed by atoms with Crippen LogP contribution in [-0.4, -0.2) is 33.6 Å². The Bertz CT molecular complexity index is 552. The number of nitrogens with one attached hydrogen (secondary N) is 1. The van der Waals surface area contributed by atoms with Crippen molar-refractivity contribution in [2.24, 2.45) is 7.05 Å². The summed E-state index contributed by atoms with van der Waals surface area (Å²) in [5, 5.41) is 11.6. The minimum Gasteiger partial charge on any atom is -0.495 e. The van der Waals surface area contributed by atoms with E-state index < -0.39 is 0 Å². The highest BCUT2D eigenvalue weighted by molar-refractivity contribution is 9.10. The highest BCUT2D eigenvalue weighted by Gasteiger charge is 2.24. The van der Waals surface area contributed by atoms with E-state index in [2.05, 4.69) is 43.5 Å². The third-order valence-corrected chi connectivity index (χ3v) is 3.61. The number of hydrogen-bond donors (Lipinski definition) is 1. The van der Waals surface area contributed by atoms with Crippen LogP contribution < -0.4 is 10.1 Å². The van der Waals surface area contributed by atoms with Gasteiger partial charge in [-0.15, -0.1) is 5.10 Å². The number of ether oxygens (including phenoxy) is 1. The van der Waals surface area contributed by atoms with E-state index >= 15 is 0 Å². The Balaban J connectivity index is 2.47. The summed E-state index contributed by atoms with van der Waals surface area (Å²) in [4.78, 5) is 4.10. The van der Waals surface area contributed by atoms with Crippen LogP contribution in [0.25, 0.3) is 0 Å². The second kappa shape index (κ2) is 6.81. The maximum Gasteiger partial charge on any atom is 0.153 e. The van der Waals surface area contributed by atoms with E-state index in [4.69, 9.17) is 4.74 Å². The van der Waals surface area contributed by atoms with Crippen LogP contribution in [0.4, 0.5) is 0 Å². The highest BCUT2D eigenvalue weighted by atomic mass is 79.9. The molecule has 2 rings (SSSR count). The number of halogens is 1. The van der Waals surface area contributed by atoms with Crippen molar-refractivity contribution in [2.45, 2.75) is 19.4 Å². The van der Waals surface area contributed by atoms with Crippen LogP contribution in [0.3, 0.4) is 0 Å². The number of pyridine rings is 1. The molecule has 2 aromatic heterocycles. The van der Waals surface area contributed by atoms with Crippen molar-refractivity contribution < 1.29 is 4.74 Å². The quantitative estimate of drug-likeness (QED) is 0.872. The number of methoxy groups -OCH3 is 1. The molecule has 7 heteroatoms. The first-order valence-corrected chi connectivity index (χ1v) is 7.24. The van der Waals surface area contributed by atoms with E-state index in [1.54, 1.807) is 24.2 Å². The van der Waals surface area contributed by atoms with Gasteiger partial charge in [0.2, 0.25) is 0 Å². The molecule has 0 aromatic carbocycles. The van der Waals surface area contributed by atoms with Gasteiger partial charge in [0.25, 0.3) is 0 Å². The van der Waals surface area contributed by atoms with Crippen molar-refractivity contribution in [3.05, 3.63) is 34.3 Å². The molecule has 2 heterocycles. The summed E-state index contributed by atoms with van der Waals surface area (Å²) < 4.78 is 7.91. The molecule has 1 atom stereocenters. The van der Waals surface area contributed by atoms with Gasteiger partial charge in [-0.25, -0.2) is 4.68 Å². The molecule has 0 aliphatic heterocycles. The van der Waals surface area contributed by atoms with Gasteiger partial charge in [-0.3, -0.25) is 4.98 Å². The predicted octanol–water partition coefficient (Wildman–Crippen LogP) is 2.07. The maximum absolute atomic E-state index is 5.42. The molecule has 0 aliphatic rings. The fraction of sp³-hybridized carbons (Fsp3) is 0.462. The van der Waals surface area contributed by atoms with Crippen molar-refractivity contribution in [1.82, 2.24) is 25.3 Å². The van der Waals surface area contributed by atoms with Crippen LogP contribution >= 0.6 is 15.9 Å². The van der Waals surface area contributed by atoms with E-state index in [9.17, 15) is 0 Å². The van der Waals surface area contributed by atoms with E-state index in [-0.39, 0.29) is 6.04 Å². The Hall–Kier alpha value is -1.47. The van der Waals surface area contributed by atoms with Crippen LogP contribution in [0.5, 0.6) is 5.75 Å². The van der Waals surface area contributed by atoms with Crippen LogP contribution in [-0.2, 0) is 7.05 Å². The topological polar surface area (TPSA) is 64.9 Å². The van der Waals surface area contributed by atoms with Crippen LogP contribution in [0.15, 0.2) is 23.1 Å². The van der Waals surface area contributed by atoms with Gasteiger partial charge < -0.3 is 10.1 Å². The fourth-order valence-corrected chi connectivity index (χ4v) is 2.64. The normalized spacial score (nSPS) is 12.4. The number of aromatic nitrogens is 4. The number of hydrogen-bond acceptors (Lipinski definition) is 5. The minimum absolute atomic E-state index is 0.0534. The summed E-state index contributed by atoms with van der Waals surface area (Å²) in [6.45, 7) is 3.01. The molecule has 0 saturated heterocycles. The summed E-state index contributed by atoms with van der Waals surface area (Å²) in [6.07, 6.45) is 4.51. The number of nitrogens with zero attached hydrogens (tertiary/aromatic N) is 4. The smallest absolute Gasteiger partial charge is 0.153 e. The molecule has 0 fully saturated rings. The lowest BCUT2D eigenvalue weighted by Crippen LogP contribution is -2.26. The molecule has 1 unspecified atom stereocenters. The van der Waals surface area contributed by atoms with E-state index in [1.165, 1.54) is 0 Å². The third kappa shape index (κ3) is 2.99. The van der Waals surface area contributed by atoms with E-state index in [0.29, 0.717) is 0 Å². The minimum atomic E-state index is -0.0534. The zero-order valence-corrected chi connectivity index (χ0v) is 13.4. The van der Waals surface area contributed by atoms with Crippen LogP contribution in [0, 0.1) is 0 Å². The zero-order chi connectivity index (χ0) is 14.5. The lowest BCUT2D eigenvalue weighted by molar-refractivity contribution is 0.400. The van der Waals surface area contributed by atoms with Crippen LogP contribution in [0.2, 0.25) is 0 Å². The van der Waals surface area contributed by atoms with Gasteiger partial charge in [0, 0.05) is 18.8 Å². The SMILES string of the molecule is CCCNC(c1ccncc1OC)c1c(Br)nnn1C. The molecule has 0 radical (unpaired) electrons. The van der Waals surface area contributed by atoms with Gasteiger partial charge in [-0.1, -0.05) is 12.1 Å². The van der Waals surface area contributed by atoms with E-state index in [0.717, 1.165) is 34.6 Å². The molecule has 0 amide bonds. The zero-order valence-electron chi connectivity index (χ0n) is 11.8. The largest absolute Gasteiger partial charge is 0.495 e. The number of aryl methyl sites for hydroxylation is 1. The summed E-state index contributed by atoms with van der Waals surface area (Å²) in [5.74, 6) is 0.745. The Labute approximate surface area is 126 Å². The Kier molecular flexibility index (Phi) is 5.08. The lowest BCUT2D eigenvalue weighted by atomic mass is 10.0. The predicted molar refractivity (Wildman–Crippen MR) is 79.6 cm³/mol. The van der Waals surface area contributed by atoms with Crippen molar-refractivity contribution in [3.8, 4) is 5.75 Å². The van der Waals surface area contributed by atoms with Gasteiger partial charge >= 0.3 is 0 Å². The van der Waals surface area contributed by atoms with Crippen molar-refractivity contribution >= 4 is 15.9 Å². The van der Waals surface area contributed by atoms with Crippen molar-refractivity contribution in [3.63, 3.8) is 0 Å². The van der Waals surface area contributed by atoms with E-state index in [1.807, 2.05) is 13.1 Å². The average molecular weight is 340 g/mol. The molecule has 0 saturated carbocycles. The molecule has 0 aliphatic carbocycles. The first-order chi connectivity index (χ1) is 9.69. The summed E-state index contributed by atoms with van der Waals surface area (Å²) in [6, 6.07) is 1.90. The second-order valence-electron chi connectivity index (χ2n) is 4.39. The average Bonchev–Trinajstić information content (AvgIpc) is 2.80. The Morgan fingerprint density at radius 3 is 2.90 bits per heavy atom. The van der Waals surface area contributed by atoms with Gasteiger partial charge in [0.05, 0.1) is 25.0 Å². The molecule has 0 spiro atoms. The summed E-state index contributed by atoms with van der Waals surface area (Å²) in [5.41, 5.74) is 1.98. The Morgan fingerprint density at radius 1 is 1.50 bits per heavy atom. The van der Waals surface area contributed by atoms with Crippen molar-refractivity contribution in [1.29, 1.82) is 0 Å². The van der Waals surface area contributed by atoms with Gasteiger partial charge in [-0.05, 0) is 35.0 Å². The molecule has 1 N–H and O–H groups in total. The molecular weight excluding hydrogens is 322 g/mol. The third-order valence-electron chi connectivity index (χ3n) is 3.05. The lowest BCUT2D eigenvalue weighted by Gasteiger charge is -2.21. The molecule has 6 nitrogen and oxygen atoms in total. The van der Waals surface area contributed by atoms with Crippen molar-refractivity contribution in [2.75, 3.05) is 13.7 Å². The second-order valence-corrected chi connectivity index (χ2v) is 5.15. The molecular formula is C13H18BrN5O. The fourth-order valence-electron chi connectivity index (χ4n) is 2.09. The summed E-state index contributed by atoms with van der Waals surface area (Å²) in [7, 11) is 3.52. The first kappa shape index (κ1) is 14.9. The monoisotopic (exact) mass is 339 g/mol. The first-order valence-electron chi connectivity index (χ1n) is 6.45. The van der Waals surface area contributed by atoms with Gasteiger partial charge in [0.1, 0.15) is 5.75 Å². The standard InChI is InChI=1S/C13H18BrN5O/c1-4-6-16-11(12-13(14)17-18-19(12)2)9-5-7-15-8-10(9)20-3/h5,7-8,11,16H,4,6H2,1-3H3. The molecule has 0 bridgehead atoms. The maximum atomic E-state index is 5.42. The number of rotatable bonds is 6. The molecule has 2 aromatic rings. The molecule has 20 heavy (non-hydrogen) atoms. The highest BCUT2D eigenvalue weighted by Crippen LogP contribution is 2.31. The van der Waals surface area contributed by atoms with Crippen LogP contribution in [0.1, 0.15) is 30.6 Å². The Morgan fingerprint density at radius 2 is 2.30 bits per heavy atom. The van der Waals surface area contributed by atoms with Gasteiger partial charge in [-0.2, -0.15) is 0 Å². The van der Waals surface area contributed by atoms with Gasteiger partial charge in [0.15, 0.2) is 4.60 Å². The molecule has 108 valence electrons.